The van der Waals surface area contributed by atoms with Crippen molar-refractivity contribution in [1.82, 2.24) is 0 Å². The van der Waals surface area contributed by atoms with Gasteiger partial charge in [0.25, 0.3) is 0 Å². The Bertz CT molecular complexity index is 531. The molecule has 1 fully saturated rings. The molecule has 0 unspecified atom stereocenters. The summed E-state index contributed by atoms with van der Waals surface area (Å²) in [5, 5.41) is 0. The summed E-state index contributed by atoms with van der Waals surface area (Å²) in [6, 6.07) is 4.32. The zero-order chi connectivity index (χ0) is 15.2. The van der Waals surface area contributed by atoms with Gasteiger partial charge >= 0.3 is 5.97 Å². The third-order valence-corrected chi connectivity index (χ3v) is 3.78. The molecule has 2 rings (SSSR count). The largest absolute Gasteiger partial charge is 0.462 e. The molecule has 21 heavy (non-hydrogen) atoms. The summed E-state index contributed by atoms with van der Waals surface area (Å²) in [6.07, 6.45) is 3.95. The number of ether oxygens (including phenoxy) is 2. The Balaban J connectivity index is 2.23. The first-order chi connectivity index (χ1) is 10.1. The van der Waals surface area contributed by atoms with Crippen LogP contribution in [0.5, 0.6) is 0 Å². The van der Waals surface area contributed by atoms with Crippen molar-refractivity contribution in [2.45, 2.75) is 20.8 Å². The van der Waals surface area contributed by atoms with Crippen LogP contribution in [-0.2, 0) is 14.3 Å². The van der Waals surface area contributed by atoms with Gasteiger partial charge in [-0.2, -0.15) is 0 Å². The van der Waals surface area contributed by atoms with Gasteiger partial charge in [0, 0.05) is 31.3 Å². The monoisotopic (exact) mass is 289 g/mol. The maximum absolute atomic E-state index is 10.8. The topological polar surface area (TPSA) is 38.8 Å². The molecule has 0 amide bonds. The second-order valence-corrected chi connectivity index (χ2v) is 5.24. The highest BCUT2D eigenvalue weighted by Gasteiger charge is 2.15. The van der Waals surface area contributed by atoms with E-state index in [0.717, 1.165) is 26.3 Å². The number of rotatable bonds is 4. The Morgan fingerprint density at radius 2 is 2.05 bits per heavy atom. The molecule has 0 aromatic heterocycles. The van der Waals surface area contributed by atoms with Crippen molar-refractivity contribution in [3.8, 4) is 0 Å². The van der Waals surface area contributed by atoms with E-state index >= 15 is 0 Å². The molecular formula is C17H23NO3. The standard InChI is InChI=1S/C17H23NO3/c1-13-6-7-17(18-8-11-20-12-9-18)16(14(13)2)5-4-10-21-15(3)19/h4-7H,8-12H2,1-3H3/b5-4+. The maximum Gasteiger partial charge on any atom is 0.302 e. The van der Waals surface area contributed by atoms with Gasteiger partial charge in [-0.3, -0.25) is 4.79 Å². The lowest BCUT2D eigenvalue weighted by molar-refractivity contribution is -0.139. The van der Waals surface area contributed by atoms with E-state index in [2.05, 4.69) is 37.0 Å². The summed E-state index contributed by atoms with van der Waals surface area (Å²) in [4.78, 5) is 13.2. The summed E-state index contributed by atoms with van der Waals surface area (Å²) < 4.78 is 10.4. The molecular weight excluding hydrogens is 266 g/mol. The number of anilines is 1. The molecule has 0 radical (unpaired) electrons. The lowest BCUT2D eigenvalue weighted by atomic mass is 10.00. The van der Waals surface area contributed by atoms with Gasteiger partial charge in [0.05, 0.1) is 13.2 Å². The van der Waals surface area contributed by atoms with Crippen LogP contribution >= 0.6 is 0 Å². The summed E-state index contributed by atoms with van der Waals surface area (Å²) in [5.41, 5.74) is 4.95. The molecule has 1 heterocycles. The van der Waals surface area contributed by atoms with Crippen molar-refractivity contribution in [1.29, 1.82) is 0 Å². The van der Waals surface area contributed by atoms with E-state index in [0.29, 0.717) is 6.61 Å². The molecule has 114 valence electrons. The summed E-state index contributed by atoms with van der Waals surface area (Å²) in [7, 11) is 0. The SMILES string of the molecule is CC(=O)OC/C=C/c1c(N2CCOCC2)ccc(C)c1C. The lowest BCUT2D eigenvalue weighted by Crippen LogP contribution is -2.36. The van der Waals surface area contributed by atoms with E-state index in [1.165, 1.54) is 29.3 Å². The summed E-state index contributed by atoms with van der Waals surface area (Å²) >= 11 is 0. The minimum absolute atomic E-state index is 0.256. The minimum Gasteiger partial charge on any atom is -0.462 e. The fourth-order valence-corrected chi connectivity index (χ4v) is 2.45. The van der Waals surface area contributed by atoms with Crippen LogP contribution in [0, 0.1) is 13.8 Å². The fourth-order valence-electron chi connectivity index (χ4n) is 2.45. The van der Waals surface area contributed by atoms with Crippen LogP contribution in [0.3, 0.4) is 0 Å². The van der Waals surface area contributed by atoms with Crippen LogP contribution in [0.1, 0.15) is 23.6 Å². The van der Waals surface area contributed by atoms with Gasteiger partial charge in [-0.05, 0) is 37.1 Å². The maximum atomic E-state index is 10.8. The Kier molecular flexibility index (Phi) is 5.39. The first kappa shape index (κ1) is 15.6. The normalized spacial score (nSPS) is 15.5. The van der Waals surface area contributed by atoms with Crippen molar-refractivity contribution in [3.63, 3.8) is 0 Å². The van der Waals surface area contributed by atoms with Gasteiger partial charge in [0.15, 0.2) is 0 Å². The van der Waals surface area contributed by atoms with Crippen LogP contribution in [0.25, 0.3) is 6.08 Å². The molecule has 1 saturated heterocycles. The molecule has 4 heteroatoms. The highest BCUT2D eigenvalue weighted by Crippen LogP contribution is 2.28. The van der Waals surface area contributed by atoms with Crippen molar-refractivity contribution < 1.29 is 14.3 Å². The molecule has 1 aliphatic rings. The molecule has 0 bridgehead atoms. The molecule has 1 aromatic rings. The molecule has 0 atom stereocenters. The Morgan fingerprint density at radius 3 is 2.71 bits per heavy atom. The molecule has 0 N–H and O–H groups in total. The third kappa shape index (κ3) is 4.08. The van der Waals surface area contributed by atoms with Gasteiger partial charge in [0.1, 0.15) is 6.61 Å². The van der Waals surface area contributed by atoms with Gasteiger partial charge in [-0.1, -0.05) is 12.1 Å². The third-order valence-electron chi connectivity index (χ3n) is 3.78. The summed E-state index contributed by atoms with van der Waals surface area (Å²) in [5.74, 6) is -0.256. The Labute approximate surface area is 126 Å². The molecule has 0 aliphatic carbocycles. The van der Waals surface area contributed by atoms with E-state index in [4.69, 9.17) is 9.47 Å². The molecule has 1 aromatic carbocycles. The van der Waals surface area contributed by atoms with E-state index in [9.17, 15) is 4.79 Å². The van der Waals surface area contributed by atoms with Crippen LogP contribution in [0.4, 0.5) is 5.69 Å². The smallest absolute Gasteiger partial charge is 0.302 e. The van der Waals surface area contributed by atoms with Crippen molar-refractivity contribution in [2.24, 2.45) is 0 Å². The average molecular weight is 289 g/mol. The first-order valence-corrected chi connectivity index (χ1v) is 7.32. The Hall–Kier alpha value is -1.81. The summed E-state index contributed by atoms with van der Waals surface area (Å²) in [6.45, 7) is 9.33. The zero-order valence-electron chi connectivity index (χ0n) is 13.0. The van der Waals surface area contributed by atoms with Gasteiger partial charge in [-0.25, -0.2) is 0 Å². The van der Waals surface area contributed by atoms with Crippen molar-refractivity contribution >= 4 is 17.7 Å². The highest BCUT2D eigenvalue weighted by atomic mass is 16.5. The molecule has 1 aliphatic heterocycles. The van der Waals surface area contributed by atoms with Gasteiger partial charge < -0.3 is 14.4 Å². The number of hydrogen-bond donors (Lipinski definition) is 0. The fraction of sp³-hybridized carbons (Fsp3) is 0.471. The number of morpholine rings is 1. The van der Waals surface area contributed by atoms with Crippen molar-refractivity contribution in [2.75, 3.05) is 37.8 Å². The van der Waals surface area contributed by atoms with Crippen LogP contribution in [0.2, 0.25) is 0 Å². The van der Waals surface area contributed by atoms with Crippen molar-refractivity contribution in [3.05, 3.63) is 34.9 Å². The second kappa shape index (κ2) is 7.27. The van der Waals surface area contributed by atoms with E-state index in [1.807, 2.05) is 6.08 Å². The van der Waals surface area contributed by atoms with Crippen LogP contribution in [-0.4, -0.2) is 38.9 Å². The Morgan fingerprint density at radius 1 is 1.33 bits per heavy atom. The number of benzene rings is 1. The number of esters is 1. The minimum atomic E-state index is -0.256. The average Bonchev–Trinajstić information content (AvgIpc) is 2.48. The number of carbonyl (C=O) groups is 1. The predicted molar refractivity (Wildman–Crippen MR) is 84.6 cm³/mol. The second-order valence-electron chi connectivity index (χ2n) is 5.24. The van der Waals surface area contributed by atoms with E-state index in [-0.39, 0.29) is 5.97 Å². The lowest BCUT2D eigenvalue weighted by Gasteiger charge is -2.31. The van der Waals surface area contributed by atoms with Gasteiger partial charge in [-0.15, -0.1) is 0 Å². The van der Waals surface area contributed by atoms with E-state index < -0.39 is 0 Å². The molecule has 0 spiro atoms. The number of nitrogens with zero attached hydrogens (tertiary/aromatic N) is 1. The first-order valence-electron chi connectivity index (χ1n) is 7.32. The number of aryl methyl sites for hydroxylation is 1. The van der Waals surface area contributed by atoms with Crippen LogP contribution in [0.15, 0.2) is 18.2 Å². The number of hydrogen-bond acceptors (Lipinski definition) is 4. The highest BCUT2D eigenvalue weighted by molar-refractivity contribution is 5.72. The van der Waals surface area contributed by atoms with Gasteiger partial charge in [0.2, 0.25) is 0 Å². The predicted octanol–water partition coefficient (Wildman–Crippen LogP) is 2.72. The molecule has 0 saturated carbocycles. The quantitative estimate of drug-likeness (QED) is 0.799. The zero-order valence-corrected chi connectivity index (χ0v) is 13.0. The number of carbonyl (C=O) groups excluding carboxylic acids is 1. The van der Waals surface area contributed by atoms with Crippen LogP contribution < -0.4 is 4.90 Å². The van der Waals surface area contributed by atoms with E-state index in [1.54, 1.807) is 0 Å². The molecule has 4 nitrogen and oxygen atoms in total.